The standard InChI is InChI=1S/C19H21N5O2S/c1-4-5-11-17(20-2)19-16(15-9-7-6-8-10-15)12-24(22-19)27(25,26)18-13-23(3)14-21-18/h4-11,13-14,16H,2,12H2,1,3H3/b5-4-,17-11-. The summed E-state index contributed by atoms with van der Waals surface area (Å²) in [5.74, 6) is -0.244. The Morgan fingerprint density at radius 3 is 2.67 bits per heavy atom. The van der Waals surface area contributed by atoms with E-state index in [1.54, 1.807) is 17.7 Å². The van der Waals surface area contributed by atoms with Gasteiger partial charge in [0, 0.05) is 13.2 Å². The van der Waals surface area contributed by atoms with Gasteiger partial charge in [0.25, 0.3) is 10.0 Å². The smallest absolute Gasteiger partial charge is 0.298 e. The van der Waals surface area contributed by atoms with Gasteiger partial charge in [0.2, 0.25) is 0 Å². The lowest BCUT2D eigenvalue weighted by Gasteiger charge is -2.15. The van der Waals surface area contributed by atoms with Crippen molar-refractivity contribution in [3.8, 4) is 0 Å². The van der Waals surface area contributed by atoms with Crippen LogP contribution in [0.3, 0.4) is 0 Å². The number of aromatic nitrogens is 2. The van der Waals surface area contributed by atoms with E-state index in [9.17, 15) is 8.42 Å². The van der Waals surface area contributed by atoms with Gasteiger partial charge in [-0.3, -0.25) is 4.99 Å². The average Bonchev–Trinajstić information content (AvgIpc) is 3.31. The highest BCUT2D eigenvalue weighted by atomic mass is 32.2. The number of rotatable bonds is 6. The van der Waals surface area contributed by atoms with E-state index in [0.29, 0.717) is 11.4 Å². The number of sulfonamides is 1. The number of hydrazone groups is 1. The summed E-state index contributed by atoms with van der Waals surface area (Å²) in [5, 5.41) is 4.37. The van der Waals surface area contributed by atoms with Crippen LogP contribution in [0.15, 0.2) is 81.9 Å². The molecule has 0 bridgehead atoms. The van der Waals surface area contributed by atoms with Gasteiger partial charge >= 0.3 is 0 Å². The first-order valence-electron chi connectivity index (χ1n) is 8.41. The van der Waals surface area contributed by atoms with Gasteiger partial charge < -0.3 is 4.57 Å². The molecule has 0 N–H and O–H groups in total. The fraction of sp³-hybridized carbons (Fsp3) is 0.211. The van der Waals surface area contributed by atoms with Gasteiger partial charge in [0.1, 0.15) is 0 Å². The van der Waals surface area contributed by atoms with Crippen LogP contribution in [-0.4, -0.2) is 41.4 Å². The lowest BCUT2D eigenvalue weighted by molar-refractivity contribution is 0.449. The third-order valence-electron chi connectivity index (χ3n) is 4.19. The van der Waals surface area contributed by atoms with E-state index in [-0.39, 0.29) is 17.5 Å². The molecule has 3 rings (SSSR count). The Labute approximate surface area is 159 Å². The van der Waals surface area contributed by atoms with Crippen LogP contribution in [-0.2, 0) is 17.1 Å². The average molecular weight is 383 g/mol. The topological polar surface area (TPSA) is 79.9 Å². The molecule has 0 saturated carbocycles. The molecule has 2 aromatic rings. The molecule has 140 valence electrons. The Balaban J connectivity index is 2.07. The number of aliphatic imine (C=N–C) groups is 1. The van der Waals surface area contributed by atoms with Gasteiger partial charge in [0.05, 0.1) is 30.2 Å². The van der Waals surface area contributed by atoms with Crippen molar-refractivity contribution in [2.24, 2.45) is 17.1 Å². The molecule has 1 atom stereocenters. The maximum Gasteiger partial charge on any atom is 0.298 e. The summed E-state index contributed by atoms with van der Waals surface area (Å²) in [5.41, 5.74) is 2.07. The molecule has 27 heavy (non-hydrogen) atoms. The molecule has 8 heteroatoms. The molecule has 1 unspecified atom stereocenters. The molecule has 7 nitrogen and oxygen atoms in total. The molecule has 1 aromatic carbocycles. The normalized spacial score (nSPS) is 18.1. The number of hydrogen-bond acceptors (Lipinski definition) is 5. The molecule has 0 saturated heterocycles. The van der Waals surface area contributed by atoms with E-state index < -0.39 is 10.0 Å². The SMILES string of the molecule is C=N/C(=C\C=C/C)C1=NN(S(=O)(=O)c2cn(C)cn2)CC1c1ccccc1. The Morgan fingerprint density at radius 2 is 2.07 bits per heavy atom. The quantitative estimate of drug-likeness (QED) is 0.568. The summed E-state index contributed by atoms with van der Waals surface area (Å²) in [4.78, 5) is 8.04. The van der Waals surface area contributed by atoms with Crippen LogP contribution < -0.4 is 0 Å². The van der Waals surface area contributed by atoms with E-state index >= 15 is 0 Å². The monoisotopic (exact) mass is 383 g/mol. The van der Waals surface area contributed by atoms with Crippen LogP contribution in [0.2, 0.25) is 0 Å². The minimum absolute atomic E-state index is 0.0349. The van der Waals surface area contributed by atoms with Crippen LogP contribution in [0.1, 0.15) is 18.4 Å². The predicted molar refractivity (Wildman–Crippen MR) is 106 cm³/mol. The van der Waals surface area contributed by atoms with Crippen LogP contribution in [0.5, 0.6) is 0 Å². The lowest BCUT2D eigenvalue weighted by atomic mass is 9.93. The Kier molecular flexibility index (Phi) is 5.36. The van der Waals surface area contributed by atoms with Crippen molar-refractivity contribution in [1.82, 2.24) is 14.0 Å². The van der Waals surface area contributed by atoms with Crippen molar-refractivity contribution < 1.29 is 8.42 Å². The van der Waals surface area contributed by atoms with Gasteiger partial charge in [-0.15, -0.1) is 0 Å². The van der Waals surface area contributed by atoms with E-state index in [2.05, 4.69) is 21.8 Å². The molecular formula is C19H21N5O2S. The highest BCUT2D eigenvalue weighted by molar-refractivity contribution is 7.89. The Bertz CT molecular complexity index is 1020. The Morgan fingerprint density at radius 1 is 1.33 bits per heavy atom. The van der Waals surface area contributed by atoms with Crippen LogP contribution in [0, 0.1) is 0 Å². The molecule has 0 amide bonds. The zero-order valence-corrected chi connectivity index (χ0v) is 16.0. The molecule has 0 aliphatic carbocycles. The van der Waals surface area contributed by atoms with Gasteiger partial charge in [-0.25, -0.2) is 4.98 Å². The molecule has 1 aliphatic heterocycles. The molecule has 0 spiro atoms. The first kappa shape index (κ1) is 18.8. The number of aryl methyl sites for hydroxylation is 1. The number of imidazole rings is 1. The zero-order chi connectivity index (χ0) is 19.4. The van der Waals surface area contributed by atoms with Gasteiger partial charge in [0.15, 0.2) is 5.03 Å². The van der Waals surface area contributed by atoms with E-state index in [1.165, 1.54) is 12.5 Å². The van der Waals surface area contributed by atoms with Crippen LogP contribution in [0.4, 0.5) is 0 Å². The Hall–Kier alpha value is -3.00. The number of hydrogen-bond donors (Lipinski definition) is 0. The summed E-state index contributed by atoms with van der Waals surface area (Å²) < 4.78 is 28.6. The minimum atomic E-state index is -3.85. The lowest BCUT2D eigenvalue weighted by Crippen LogP contribution is -2.26. The fourth-order valence-corrected chi connectivity index (χ4v) is 4.08. The van der Waals surface area contributed by atoms with Crippen molar-refractivity contribution >= 4 is 22.5 Å². The molecule has 1 aromatic heterocycles. The second-order valence-electron chi connectivity index (χ2n) is 6.07. The van der Waals surface area contributed by atoms with Crippen molar-refractivity contribution in [3.05, 3.63) is 72.3 Å². The third-order valence-corrected chi connectivity index (χ3v) is 5.72. The highest BCUT2D eigenvalue weighted by Crippen LogP contribution is 2.32. The maximum absolute atomic E-state index is 13.0. The first-order valence-corrected chi connectivity index (χ1v) is 9.85. The predicted octanol–water partition coefficient (Wildman–Crippen LogP) is 2.72. The van der Waals surface area contributed by atoms with Crippen molar-refractivity contribution in [2.45, 2.75) is 17.9 Å². The van der Waals surface area contributed by atoms with Gasteiger partial charge in [-0.1, -0.05) is 42.5 Å². The zero-order valence-electron chi connectivity index (χ0n) is 15.2. The second kappa shape index (κ2) is 7.71. The summed E-state index contributed by atoms with van der Waals surface area (Å²) in [6.07, 6.45) is 8.37. The molecule has 0 fully saturated rings. The second-order valence-corrected chi connectivity index (χ2v) is 7.86. The van der Waals surface area contributed by atoms with Gasteiger partial charge in [-0.2, -0.15) is 17.9 Å². The summed E-state index contributed by atoms with van der Waals surface area (Å²) >= 11 is 0. The molecular weight excluding hydrogens is 362 g/mol. The number of benzene rings is 1. The maximum atomic E-state index is 13.0. The summed E-state index contributed by atoms with van der Waals surface area (Å²) in [6.45, 7) is 5.69. The minimum Gasteiger partial charge on any atom is -0.339 e. The van der Waals surface area contributed by atoms with Crippen molar-refractivity contribution in [3.63, 3.8) is 0 Å². The largest absolute Gasteiger partial charge is 0.339 e. The summed E-state index contributed by atoms with van der Waals surface area (Å²) in [6, 6.07) is 9.65. The fourth-order valence-electron chi connectivity index (χ4n) is 2.84. The molecule has 2 heterocycles. The van der Waals surface area contributed by atoms with Crippen LogP contribution >= 0.6 is 0 Å². The molecule has 0 radical (unpaired) electrons. The third kappa shape index (κ3) is 3.75. The highest BCUT2D eigenvalue weighted by Gasteiger charge is 2.37. The number of nitrogens with zero attached hydrogens (tertiary/aromatic N) is 5. The van der Waals surface area contributed by atoms with E-state index in [1.807, 2.05) is 49.4 Å². The summed E-state index contributed by atoms with van der Waals surface area (Å²) in [7, 11) is -2.13. The number of allylic oxidation sites excluding steroid dienone is 4. The molecule has 1 aliphatic rings. The van der Waals surface area contributed by atoms with Crippen LogP contribution in [0.25, 0.3) is 0 Å². The van der Waals surface area contributed by atoms with Crippen molar-refractivity contribution in [2.75, 3.05) is 6.54 Å². The van der Waals surface area contributed by atoms with Gasteiger partial charge in [-0.05, 0) is 25.3 Å². The first-order chi connectivity index (χ1) is 13.0. The van der Waals surface area contributed by atoms with E-state index in [4.69, 9.17) is 0 Å². The van der Waals surface area contributed by atoms with E-state index in [0.717, 1.165) is 9.98 Å². The van der Waals surface area contributed by atoms with Crippen molar-refractivity contribution in [1.29, 1.82) is 0 Å².